The van der Waals surface area contributed by atoms with Gasteiger partial charge in [-0.15, -0.1) is 0 Å². The Morgan fingerprint density at radius 1 is 1.07 bits per heavy atom. The van der Waals surface area contributed by atoms with E-state index in [0.29, 0.717) is 16.1 Å². The largest absolute Gasteiger partial charge is 0.480 e. The van der Waals surface area contributed by atoms with Gasteiger partial charge in [0.05, 0.1) is 10.0 Å². The molecule has 0 fully saturated rings. The van der Waals surface area contributed by atoms with Crippen molar-refractivity contribution < 1.29 is 19.5 Å². The van der Waals surface area contributed by atoms with Gasteiger partial charge in [-0.3, -0.25) is 9.59 Å². The zero-order valence-electron chi connectivity index (χ0n) is 16.1. The number of thiol groups is 1. The van der Waals surface area contributed by atoms with E-state index in [-0.39, 0.29) is 10.7 Å². The van der Waals surface area contributed by atoms with E-state index in [4.69, 9.17) is 23.2 Å². The topological polar surface area (TPSA) is 95.5 Å². The highest BCUT2D eigenvalue weighted by molar-refractivity contribution is 7.81. The predicted molar refractivity (Wildman–Crippen MR) is 121 cm³/mol. The number of hydrogen-bond acceptors (Lipinski definition) is 4. The smallest absolute Gasteiger partial charge is 0.327 e. The van der Waals surface area contributed by atoms with Crippen molar-refractivity contribution in [3.63, 3.8) is 0 Å². The summed E-state index contributed by atoms with van der Waals surface area (Å²) in [5.74, 6) is -2.58. The highest BCUT2D eigenvalue weighted by Gasteiger charge is 2.34. The lowest BCUT2D eigenvalue weighted by Gasteiger charge is -2.27. The molecule has 6 nitrogen and oxygen atoms in total. The monoisotopic (exact) mass is 466 g/mol. The fourth-order valence-corrected chi connectivity index (χ4v) is 2.94. The minimum absolute atomic E-state index is 0.161. The normalized spacial score (nSPS) is 12.8. The summed E-state index contributed by atoms with van der Waals surface area (Å²) in [6, 6.07) is 11.6. The van der Waals surface area contributed by atoms with Gasteiger partial charge in [0.25, 0.3) is 11.8 Å². The molecule has 2 aromatic rings. The lowest BCUT2D eigenvalue weighted by molar-refractivity contribution is -0.142. The van der Waals surface area contributed by atoms with E-state index < -0.39 is 28.6 Å². The van der Waals surface area contributed by atoms with Gasteiger partial charge in [-0.25, -0.2) is 4.79 Å². The van der Waals surface area contributed by atoms with E-state index >= 15 is 0 Å². The Labute approximate surface area is 189 Å². The summed E-state index contributed by atoms with van der Waals surface area (Å²) in [5, 5.41) is 15.0. The van der Waals surface area contributed by atoms with Crippen molar-refractivity contribution in [1.82, 2.24) is 10.6 Å². The molecular weight excluding hydrogens is 447 g/mol. The minimum atomic E-state index is -1.31. The Balaban J connectivity index is 2.40. The number of carbonyl (C=O) groups excluding carboxylic acids is 2. The summed E-state index contributed by atoms with van der Waals surface area (Å²) in [6.07, 6.45) is 1.38. The molecule has 0 radical (unpaired) electrons. The average molecular weight is 467 g/mol. The van der Waals surface area contributed by atoms with E-state index in [1.54, 1.807) is 56.3 Å². The maximum Gasteiger partial charge on any atom is 0.327 e. The summed E-state index contributed by atoms with van der Waals surface area (Å²) in [4.78, 5) is 37.0. The van der Waals surface area contributed by atoms with Crippen molar-refractivity contribution in [3.05, 3.63) is 75.4 Å². The number of aliphatic carboxylic acids is 1. The molecule has 0 aliphatic heterocycles. The Hall–Kier alpha value is -2.48. The molecule has 3 N–H and O–H groups in total. The van der Waals surface area contributed by atoms with Crippen LogP contribution in [0.2, 0.25) is 10.0 Å². The van der Waals surface area contributed by atoms with Crippen LogP contribution in [0.5, 0.6) is 0 Å². The van der Waals surface area contributed by atoms with Gasteiger partial charge in [0.1, 0.15) is 11.7 Å². The molecule has 30 heavy (non-hydrogen) atoms. The SMILES string of the molecule is CC(C)(S)C(NC(=O)/C(=C\c1ccc(Cl)c(Cl)c1)NC(=O)c1ccccc1)C(=O)O. The van der Waals surface area contributed by atoms with E-state index in [1.165, 1.54) is 12.1 Å². The maximum atomic E-state index is 12.9. The fourth-order valence-electron chi connectivity index (χ4n) is 2.46. The molecular formula is C21H20Cl2N2O4S. The van der Waals surface area contributed by atoms with E-state index in [2.05, 4.69) is 23.3 Å². The zero-order valence-corrected chi connectivity index (χ0v) is 18.6. The summed E-state index contributed by atoms with van der Waals surface area (Å²) in [6.45, 7) is 3.11. The molecule has 0 saturated heterocycles. The van der Waals surface area contributed by atoms with Crippen LogP contribution >= 0.6 is 35.8 Å². The van der Waals surface area contributed by atoms with Crippen LogP contribution in [-0.4, -0.2) is 33.7 Å². The van der Waals surface area contributed by atoms with Crippen LogP contribution in [-0.2, 0) is 9.59 Å². The van der Waals surface area contributed by atoms with Crippen molar-refractivity contribution in [2.75, 3.05) is 0 Å². The number of amides is 2. The molecule has 0 heterocycles. The number of carboxylic acids is 1. The van der Waals surface area contributed by atoms with Crippen LogP contribution in [0.15, 0.2) is 54.2 Å². The van der Waals surface area contributed by atoms with Crippen molar-refractivity contribution in [2.45, 2.75) is 24.6 Å². The Bertz CT molecular complexity index is 988. The van der Waals surface area contributed by atoms with Gasteiger partial charge in [-0.1, -0.05) is 47.5 Å². The van der Waals surface area contributed by atoms with E-state index in [9.17, 15) is 19.5 Å². The molecule has 0 saturated carbocycles. The van der Waals surface area contributed by atoms with Crippen molar-refractivity contribution >= 4 is 59.7 Å². The zero-order chi connectivity index (χ0) is 22.5. The second-order valence-corrected chi connectivity index (χ2v) is 8.92. The van der Waals surface area contributed by atoms with Crippen LogP contribution in [0, 0.1) is 0 Å². The van der Waals surface area contributed by atoms with Crippen LogP contribution < -0.4 is 10.6 Å². The molecule has 2 amide bonds. The van der Waals surface area contributed by atoms with Gasteiger partial charge in [0.2, 0.25) is 0 Å². The molecule has 9 heteroatoms. The number of hydrogen-bond donors (Lipinski definition) is 4. The molecule has 0 aromatic heterocycles. The average Bonchev–Trinajstić information content (AvgIpc) is 2.67. The highest BCUT2D eigenvalue weighted by atomic mass is 35.5. The molecule has 0 aliphatic carbocycles. The standard InChI is InChI=1S/C21H20Cl2N2O4S/c1-21(2,30)17(20(28)29)25-19(27)16(11-12-8-9-14(22)15(23)10-12)24-18(26)13-6-4-3-5-7-13/h3-11,17,30H,1-2H3,(H,24,26)(H,25,27)(H,28,29)/b16-11+. The number of carboxylic acid groups (broad SMARTS) is 1. The van der Waals surface area contributed by atoms with Gasteiger partial charge in [0.15, 0.2) is 0 Å². The quantitative estimate of drug-likeness (QED) is 0.365. The third-order valence-corrected chi connectivity index (χ3v) is 5.01. The Kier molecular flexibility index (Phi) is 7.95. The lowest BCUT2D eigenvalue weighted by atomic mass is 10.0. The van der Waals surface area contributed by atoms with Gasteiger partial charge in [0, 0.05) is 10.3 Å². The van der Waals surface area contributed by atoms with E-state index in [0.717, 1.165) is 0 Å². The third kappa shape index (κ3) is 6.52. The van der Waals surface area contributed by atoms with Crippen molar-refractivity contribution in [1.29, 1.82) is 0 Å². The molecule has 1 atom stereocenters. The summed E-state index contributed by atoms with van der Waals surface area (Å²) in [7, 11) is 0. The molecule has 158 valence electrons. The summed E-state index contributed by atoms with van der Waals surface area (Å²) in [5.41, 5.74) is 0.653. The first-order valence-electron chi connectivity index (χ1n) is 8.78. The Morgan fingerprint density at radius 2 is 1.70 bits per heavy atom. The molecule has 2 rings (SSSR count). The predicted octanol–water partition coefficient (Wildman–Crippen LogP) is 4.04. The first-order valence-corrected chi connectivity index (χ1v) is 9.98. The first-order chi connectivity index (χ1) is 14.0. The van der Waals surface area contributed by atoms with Gasteiger partial charge in [-0.2, -0.15) is 12.6 Å². The Morgan fingerprint density at radius 3 is 2.23 bits per heavy atom. The van der Waals surface area contributed by atoms with Crippen LogP contribution in [0.4, 0.5) is 0 Å². The van der Waals surface area contributed by atoms with Crippen molar-refractivity contribution in [3.8, 4) is 0 Å². The summed E-state index contributed by atoms with van der Waals surface area (Å²) < 4.78 is -1.06. The molecule has 0 aliphatic rings. The number of halogens is 2. The third-order valence-electron chi connectivity index (χ3n) is 4.01. The van der Waals surface area contributed by atoms with Gasteiger partial charge in [-0.05, 0) is 49.8 Å². The molecule has 1 unspecified atom stereocenters. The van der Waals surface area contributed by atoms with Crippen molar-refractivity contribution in [2.24, 2.45) is 0 Å². The lowest BCUT2D eigenvalue weighted by Crippen LogP contribution is -2.53. The molecule has 2 aromatic carbocycles. The van der Waals surface area contributed by atoms with Crippen LogP contribution in [0.25, 0.3) is 6.08 Å². The summed E-state index contributed by atoms with van der Waals surface area (Å²) >= 11 is 16.2. The van der Waals surface area contributed by atoms with E-state index in [1.807, 2.05) is 0 Å². The second-order valence-electron chi connectivity index (χ2n) is 6.95. The number of nitrogens with one attached hydrogen (secondary N) is 2. The van der Waals surface area contributed by atoms with Gasteiger partial charge >= 0.3 is 5.97 Å². The molecule has 0 spiro atoms. The maximum absolute atomic E-state index is 12.9. The highest BCUT2D eigenvalue weighted by Crippen LogP contribution is 2.24. The van der Waals surface area contributed by atoms with Gasteiger partial charge < -0.3 is 15.7 Å². The number of carbonyl (C=O) groups is 3. The number of rotatable bonds is 7. The minimum Gasteiger partial charge on any atom is -0.480 e. The molecule has 0 bridgehead atoms. The second kappa shape index (κ2) is 10.0. The number of benzene rings is 2. The van der Waals surface area contributed by atoms with Crippen LogP contribution in [0.1, 0.15) is 29.8 Å². The first kappa shape index (κ1) is 23.8. The van der Waals surface area contributed by atoms with Crippen LogP contribution in [0.3, 0.4) is 0 Å². The fraction of sp³-hybridized carbons (Fsp3) is 0.190.